The van der Waals surface area contributed by atoms with Gasteiger partial charge in [-0.1, -0.05) is 0 Å². The zero-order valence-corrected chi connectivity index (χ0v) is 13.7. The van der Waals surface area contributed by atoms with Crippen molar-refractivity contribution in [1.29, 1.82) is 0 Å². The third kappa shape index (κ3) is 6.44. The van der Waals surface area contributed by atoms with Crippen molar-refractivity contribution in [2.75, 3.05) is 18.4 Å². The molecule has 0 fully saturated rings. The van der Waals surface area contributed by atoms with Crippen molar-refractivity contribution in [2.24, 2.45) is 0 Å². The summed E-state index contributed by atoms with van der Waals surface area (Å²) in [5.41, 5.74) is 0.201. The molecular weight excluding hydrogens is 342 g/mol. The van der Waals surface area contributed by atoms with Crippen LogP contribution in [0.25, 0.3) is 0 Å². The summed E-state index contributed by atoms with van der Waals surface area (Å²) >= 11 is 3.14. The van der Waals surface area contributed by atoms with Crippen LogP contribution in [0, 0.1) is 10.1 Å². The molecule has 1 amide bonds. The van der Waals surface area contributed by atoms with Crippen LogP contribution in [0.3, 0.4) is 0 Å². The first-order valence-electron chi connectivity index (χ1n) is 6.34. The van der Waals surface area contributed by atoms with Gasteiger partial charge in [0.2, 0.25) is 0 Å². The number of nitrogens with zero attached hydrogens (tertiary/aromatic N) is 1. The molecule has 21 heavy (non-hydrogen) atoms. The number of carbonyl (C=O) groups excluding carboxylic acids is 1. The summed E-state index contributed by atoms with van der Waals surface area (Å²) < 4.78 is 5.49. The Kier molecular flexibility index (Phi) is 5.95. The van der Waals surface area contributed by atoms with Crippen LogP contribution in [-0.2, 0) is 4.74 Å². The lowest BCUT2D eigenvalue weighted by atomic mass is 10.2. The molecule has 0 bridgehead atoms. The van der Waals surface area contributed by atoms with E-state index in [1.165, 1.54) is 6.07 Å². The lowest BCUT2D eigenvalue weighted by molar-refractivity contribution is -0.385. The first-order valence-corrected chi connectivity index (χ1v) is 7.13. The van der Waals surface area contributed by atoms with Crippen molar-refractivity contribution >= 4 is 33.4 Å². The fourth-order valence-corrected chi connectivity index (χ4v) is 1.97. The van der Waals surface area contributed by atoms with Crippen LogP contribution in [0.5, 0.6) is 0 Å². The van der Waals surface area contributed by atoms with E-state index in [1.54, 1.807) is 32.9 Å². The van der Waals surface area contributed by atoms with E-state index in [1.807, 2.05) is 0 Å². The van der Waals surface area contributed by atoms with E-state index in [-0.39, 0.29) is 5.69 Å². The molecule has 8 heteroatoms. The van der Waals surface area contributed by atoms with Crippen LogP contribution in [0.15, 0.2) is 22.7 Å². The highest BCUT2D eigenvalue weighted by molar-refractivity contribution is 9.10. The molecule has 0 spiro atoms. The number of nitrogens with one attached hydrogen (secondary N) is 2. The highest BCUT2D eigenvalue weighted by Crippen LogP contribution is 2.27. The van der Waals surface area contributed by atoms with Crippen molar-refractivity contribution in [3.8, 4) is 0 Å². The number of hydrogen-bond donors (Lipinski definition) is 2. The normalized spacial score (nSPS) is 10.9. The van der Waals surface area contributed by atoms with Crippen LogP contribution in [-0.4, -0.2) is 29.7 Å². The Balaban J connectivity index is 2.38. The van der Waals surface area contributed by atoms with Gasteiger partial charge >= 0.3 is 6.09 Å². The van der Waals surface area contributed by atoms with E-state index in [4.69, 9.17) is 4.74 Å². The summed E-state index contributed by atoms with van der Waals surface area (Å²) in [4.78, 5) is 21.6. The summed E-state index contributed by atoms with van der Waals surface area (Å²) in [6.45, 7) is 6.23. The van der Waals surface area contributed by atoms with Crippen LogP contribution in [0.1, 0.15) is 20.8 Å². The van der Waals surface area contributed by atoms with E-state index in [2.05, 4.69) is 26.6 Å². The summed E-state index contributed by atoms with van der Waals surface area (Å²) in [5.74, 6) is 0. The van der Waals surface area contributed by atoms with Crippen molar-refractivity contribution < 1.29 is 14.5 Å². The highest BCUT2D eigenvalue weighted by Gasteiger charge is 2.15. The van der Waals surface area contributed by atoms with Crippen molar-refractivity contribution in [3.05, 3.63) is 32.8 Å². The minimum atomic E-state index is -0.527. The lowest BCUT2D eigenvalue weighted by Crippen LogP contribution is -2.34. The van der Waals surface area contributed by atoms with Gasteiger partial charge < -0.3 is 15.4 Å². The molecule has 1 aromatic rings. The fourth-order valence-electron chi connectivity index (χ4n) is 1.45. The first-order chi connectivity index (χ1) is 9.69. The van der Waals surface area contributed by atoms with Gasteiger partial charge in [-0.15, -0.1) is 0 Å². The number of alkyl carbamates (subject to hydrolysis) is 1. The number of anilines is 1. The Morgan fingerprint density at radius 3 is 2.57 bits per heavy atom. The van der Waals surface area contributed by atoms with Crippen LogP contribution in [0.2, 0.25) is 0 Å². The van der Waals surface area contributed by atoms with Gasteiger partial charge in [0.15, 0.2) is 0 Å². The van der Waals surface area contributed by atoms with Crippen LogP contribution >= 0.6 is 15.9 Å². The van der Waals surface area contributed by atoms with Gasteiger partial charge in [0.1, 0.15) is 5.60 Å². The predicted octanol–water partition coefficient (Wildman–Crippen LogP) is 3.29. The standard InChI is InChI=1S/C13H18BrN3O4/c1-13(2,3)21-12(18)16-7-6-15-9-4-5-11(17(19)20)10(14)8-9/h4-5,8,15H,6-7H2,1-3H3,(H,16,18). The molecule has 0 aliphatic rings. The number of halogens is 1. The molecule has 0 radical (unpaired) electrons. The number of nitro groups is 1. The van der Waals surface area contributed by atoms with Gasteiger partial charge in [0, 0.05) is 24.8 Å². The Labute approximate surface area is 131 Å². The summed E-state index contributed by atoms with van der Waals surface area (Å²) in [5, 5.41) is 16.3. The maximum atomic E-state index is 11.4. The maximum Gasteiger partial charge on any atom is 0.407 e. The molecule has 1 rings (SSSR count). The Morgan fingerprint density at radius 1 is 1.38 bits per heavy atom. The molecule has 0 atom stereocenters. The van der Waals surface area contributed by atoms with Crippen molar-refractivity contribution in [3.63, 3.8) is 0 Å². The van der Waals surface area contributed by atoms with Crippen LogP contribution in [0.4, 0.5) is 16.2 Å². The van der Waals surface area contributed by atoms with Gasteiger partial charge in [-0.2, -0.15) is 0 Å². The van der Waals surface area contributed by atoms with Gasteiger partial charge in [0.05, 0.1) is 9.40 Å². The Morgan fingerprint density at radius 2 is 2.05 bits per heavy atom. The fraction of sp³-hybridized carbons (Fsp3) is 0.462. The second-order valence-corrected chi connectivity index (χ2v) is 6.13. The molecule has 0 aromatic heterocycles. The van der Waals surface area contributed by atoms with Gasteiger partial charge in [-0.05, 0) is 48.8 Å². The SMILES string of the molecule is CC(C)(C)OC(=O)NCCNc1ccc([N+](=O)[O-])c(Br)c1. The number of ether oxygens (including phenoxy) is 1. The third-order valence-corrected chi connectivity index (χ3v) is 2.90. The Bertz CT molecular complexity index is 529. The molecule has 0 aliphatic heterocycles. The van der Waals surface area contributed by atoms with E-state index in [0.717, 1.165) is 5.69 Å². The van der Waals surface area contributed by atoms with E-state index in [0.29, 0.717) is 17.6 Å². The number of amides is 1. The molecule has 0 saturated heterocycles. The van der Waals surface area contributed by atoms with Crippen molar-refractivity contribution in [2.45, 2.75) is 26.4 Å². The molecular formula is C13H18BrN3O4. The maximum absolute atomic E-state index is 11.4. The minimum Gasteiger partial charge on any atom is -0.444 e. The first kappa shape index (κ1) is 17.2. The third-order valence-electron chi connectivity index (χ3n) is 2.27. The van der Waals surface area contributed by atoms with Crippen molar-refractivity contribution in [1.82, 2.24) is 5.32 Å². The molecule has 116 valence electrons. The van der Waals surface area contributed by atoms with E-state index < -0.39 is 16.6 Å². The summed E-state index contributed by atoms with van der Waals surface area (Å²) in [6.07, 6.45) is -0.478. The number of hydrogen-bond acceptors (Lipinski definition) is 5. The average Bonchev–Trinajstić information content (AvgIpc) is 2.32. The molecule has 1 aromatic carbocycles. The highest BCUT2D eigenvalue weighted by atomic mass is 79.9. The zero-order chi connectivity index (χ0) is 16.0. The average molecular weight is 360 g/mol. The van der Waals surface area contributed by atoms with Crippen LogP contribution < -0.4 is 10.6 Å². The van der Waals surface area contributed by atoms with Gasteiger partial charge in [0.25, 0.3) is 5.69 Å². The zero-order valence-electron chi connectivity index (χ0n) is 12.1. The number of rotatable bonds is 5. The molecule has 0 saturated carbocycles. The summed E-state index contributed by atoms with van der Waals surface area (Å²) in [6, 6.07) is 4.63. The second kappa shape index (κ2) is 7.26. The smallest absolute Gasteiger partial charge is 0.407 e. The molecule has 7 nitrogen and oxygen atoms in total. The number of nitro benzene ring substituents is 1. The second-order valence-electron chi connectivity index (χ2n) is 5.28. The predicted molar refractivity (Wildman–Crippen MR) is 83.5 cm³/mol. The quantitative estimate of drug-likeness (QED) is 0.477. The molecule has 0 unspecified atom stereocenters. The van der Waals surface area contributed by atoms with E-state index >= 15 is 0 Å². The Hall–Kier alpha value is -1.83. The molecule has 2 N–H and O–H groups in total. The largest absolute Gasteiger partial charge is 0.444 e. The number of carbonyl (C=O) groups is 1. The lowest BCUT2D eigenvalue weighted by Gasteiger charge is -2.19. The molecule has 0 heterocycles. The minimum absolute atomic E-state index is 0.00688. The molecule has 0 aliphatic carbocycles. The van der Waals surface area contributed by atoms with Gasteiger partial charge in [-0.3, -0.25) is 10.1 Å². The monoisotopic (exact) mass is 359 g/mol. The van der Waals surface area contributed by atoms with E-state index in [9.17, 15) is 14.9 Å². The summed E-state index contributed by atoms with van der Waals surface area (Å²) in [7, 11) is 0. The van der Waals surface area contributed by atoms with Gasteiger partial charge in [-0.25, -0.2) is 4.79 Å². The topological polar surface area (TPSA) is 93.5 Å². The number of benzene rings is 1.